The topological polar surface area (TPSA) is 39.7 Å². The van der Waals surface area contributed by atoms with Crippen molar-refractivity contribution in [3.05, 3.63) is 23.8 Å². The van der Waals surface area contributed by atoms with E-state index in [-0.39, 0.29) is 0 Å². The molecule has 2 aliphatic rings. The zero-order valence-electron chi connectivity index (χ0n) is 12.2. The molecule has 1 aromatic carbocycles. The summed E-state index contributed by atoms with van der Waals surface area (Å²) in [5.41, 5.74) is 1.24. The molecule has 1 aromatic rings. The fourth-order valence-electron chi connectivity index (χ4n) is 2.90. The van der Waals surface area contributed by atoms with E-state index < -0.39 is 0 Å². The van der Waals surface area contributed by atoms with E-state index in [0.29, 0.717) is 31.2 Å². The van der Waals surface area contributed by atoms with E-state index in [2.05, 4.69) is 31.3 Å². The van der Waals surface area contributed by atoms with Gasteiger partial charge in [-0.3, -0.25) is 0 Å². The van der Waals surface area contributed by atoms with E-state index in [9.17, 15) is 0 Å². The minimum absolute atomic E-state index is 0.293. The number of hydrogen-bond donors (Lipinski definition) is 1. The molecule has 0 spiro atoms. The Morgan fingerprint density at radius 3 is 2.65 bits per heavy atom. The number of benzene rings is 1. The molecule has 3 rings (SSSR count). The molecule has 110 valence electrons. The molecule has 0 aliphatic carbocycles. The highest BCUT2D eigenvalue weighted by molar-refractivity contribution is 5.44. The van der Waals surface area contributed by atoms with E-state index in [1.807, 2.05) is 6.07 Å². The van der Waals surface area contributed by atoms with E-state index in [1.165, 1.54) is 5.56 Å². The third-order valence-corrected chi connectivity index (χ3v) is 4.25. The quantitative estimate of drug-likeness (QED) is 0.918. The molecule has 0 aromatic heterocycles. The molecular formula is C16H23NO3. The van der Waals surface area contributed by atoms with Crippen LogP contribution in [0.4, 0.5) is 0 Å². The Kier molecular flexibility index (Phi) is 4.13. The van der Waals surface area contributed by atoms with Gasteiger partial charge in [-0.1, -0.05) is 6.07 Å². The summed E-state index contributed by atoms with van der Waals surface area (Å²) in [6.07, 6.45) is 1.15. The first-order valence-electron chi connectivity index (χ1n) is 7.47. The Bertz CT molecular complexity index is 457. The van der Waals surface area contributed by atoms with E-state index in [0.717, 1.165) is 31.1 Å². The van der Waals surface area contributed by atoms with Crippen LogP contribution in [-0.2, 0) is 4.74 Å². The average Bonchev–Trinajstić information content (AvgIpc) is 3.01. The molecule has 4 heteroatoms. The maximum atomic E-state index is 5.65. The van der Waals surface area contributed by atoms with Gasteiger partial charge >= 0.3 is 0 Å². The van der Waals surface area contributed by atoms with Crippen LogP contribution in [-0.4, -0.2) is 32.5 Å². The van der Waals surface area contributed by atoms with Crippen LogP contribution in [0.1, 0.15) is 31.9 Å². The van der Waals surface area contributed by atoms with Gasteiger partial charge in [0.1, 0.15) is 13.2 Å². The summed E-state index contributed by atoms with van der Waals surface area (Å²) in [6, 6.07) is 6.96. The fourth-order valence-corrected chi connectivity index (χ4v) is 2.90. The van der Waals surface area contributed by atoms with Crippen LogP contribution in [0.2, 0.25) is 0 Å². The predicted octanol–water partition coefficient (Wildman–Crippen LogP) is 2.53. The minimum Gasteiger partial charge on any atom is -0.486 e. The van der Waals surface area contributed by atoms with Crippen LogP contribution in [0.5, 0.6) is 11.5 Å². The highest BCUT2D eigenvalue weighted by atomic mass is 16.6. The van der Waals surface area contributed by atoms with Crippen molar-refractivity contribution < 1.29 is 14.2 Å². The third-order valence-electron chi connectivity index (χ3n) is 4.25. The summed E-state index contributed by atoms with van der Waals surface area (Å²) in [4.78, 5) is 0. The molecule has 0 saturated carbocycles. The van der Waals surface area contributed by atoms with Crippen LogP contribution in [0.25, 0.3) is 0 Å². The van der Waals surface area contributed by atoms with Crippen molar-refractivity contribution in [2.45, 2.75) is 32.4 Å². The van der Waals surface area contributed by atoms with Crippen LogP contribution in [0, 0.1) is 5.92 Å². The van der Waals surface area contributed by atoms with Crippen molar-refractivity contribution in [2.24, 2.45) is 5.92 Å². The second kappa shape index (κ2) is 6.02. The van der Waals surface area contributed by atoms with Gasteiger partial charge in [0.05, 0.1) is 6.61 Å². The molecule has 4 nitrogen and oxygen atoms in total. The van der Waals surface area contributed by atoms with Crippen molar-refractivity contribution in [2.75, 3.05) is 26.4 Å². The zero-order valence-corrected chi connectivity index (χ0v) is 12.2. The van der Waals surface area contributed by atoms with Crippen molar-refractivity contribution in [1.29, 1.82) is 0 Å². The Labute approximate surface area is 120 Å². The van der Waals surface area contributed by atoms with Gasteiger partial charge in [0.25, 0.3) is 0 Å². The summed E-state index contributed by atoms with van der Waals surface area (Å²) in [6.45, 7) is 7.48. The SMILES string of the molecule is CC(NC(C)C1CCOC1)c1ccc2c(c1)OCCO2. The summed E-state index contributed by atoms with van der Waals surface area (Å²) in [7, 11) is 0. The third kappa shape index (κ3) is 2.91. The van der Waals surface area contributed by atoms with Crippen molar-refractivity contribution in [3.63, 3.8) is 0 Å². The van der Waals surface area contributed by atoms with Gasteiger partial charge < -0.3 is 19.5 Å². The van der Waals surface area contributed by atoms with Gasteiger partial charge in [-0.15, -0.1) is 0 Å². The summed E-state index contributed by atoms with van der Waals surface area (Å²) >= 11 is 0. The van der Waals surface area contributed by atoms with E-state index in [4.69, 9.17) is 14.2 Å². The Hall–Kier alpha value is -1.26. The van der Waals surface area contributed by atoms with Crippen LogP contribution < -0.4 is 14.8 Å². The monoisotopic (exact) mass is 277 g/mol. The summed E-state index contributed by atoms with van der Waals surface area (Å²) in [5.74, 6) is 2.33. The Morgan fingerprint density at radius 1 is 1.10 bits per heavy atom. The minimum atomic E-state index is 0.293. The van der Waals surface area contributed by atoms with E-state index in [1.54, 1.807) is 0 Å². The normalized spacial score (nSPS) is 24.4. The van der Waals surface area contributed by atoms with Gasteiger partial charge in [0, 0.05) is 18.7 Å². The number of ether oxygens (including phenoxy) is 3. The molecule has 0 bridgehead atoms. The molecule has 2 heterocycles. The number of fused-ring (bicyclic) bond motifs is 1. The summed E-state index contributed by atoms with van der Waals surface area (Å²) < 4.78 is 16.7. The molecule has 1 saturated heterocycles. The van der Waals surface area contributed by atoms with Crippen LogP contribution in [0.3, 0.4) is 0 Å². The molecule has 0 amide bonds. The number of nitrogens with one attached hydrogen (secondary N) is 1. The summed E-state index contributed by atoms with van der Waals surface area (Å²) in [5, 5.41) is 3.67. The molecule has 20 heavy (non-hydrogen) atoms. The van der Waals surface area contributed by atoms with Gasteiger partial charge in [-0.2, -0.15) is 0 Å². The van der Waals surface area contributed by atoms with Crippen molar-refractivity contribution in [1.82, 2.24) is 5.32 Å². The fraction of sp³-hybridized carbons (Fsp3) is 0.625. The lowest BCUT2D eigenvalue weighted by Gasteiger charge is -2.25. The molecule has 3 atom stereocenters. The lowest BCUT2D eigenvalue weighted by atomic mass is 9.98. The molecule has 2 aliphatic heterocycles. The molecular weight excluding hydrogens is 254 g/mol. The highest BCUT2D eigenvalue weighted by Gasteiger charge is 2.24. The van der Waals surface area contributed by atoms with Crippen LogP contribution >= 0.6 is 0 Å². The molecule has 3 unspecified atom stereocenters. The number of rotatable bonds is 4. The first-order valence-corrected chi connectivity index (χ1v) is 7.47. The average molecular weight is 277 g/mol. The van der Waals surface area contributed by atoms with Gasteiger partial charge in [-0.05, 0) is 43.9 Å². The molecule has 1 fully saturated rings. The lowest BCUT2D eigenvalue weighted by Crippen LogP contribution is -2.35. The standard InChI is InChI=1S/C16H23NO3/c1-11(17-12(2)14-5-6-18-10-14)13-3-4-15-16(9-13)20-8-7-19-15/h3-4,9,11-12,14,17H,5-8,10H2,1-2H3. The van der Waals surface area contributed by atoms with Crippen LogP contribution in [0.15, 0.2) is 18.2 Å². The smallest absolute Gasteiger partial charge is 0.161 e. The van der Waals surface area contributed by atoms with Gasteiger partial charge in [0.2, 0.25) is 0 Å². The van der Waals surface area contributed by atoms with Crippen molar-refractivity contribution in [3.8, 4) is 11.5 Å². The Morgan fingerprint density at radius 2 is 1.90 bits per heavy atom. The highest BCUT2D eigenvalue weighted by Crippen LogP contribution is 2.33. The maximum absolute atomic E-state index is 5.65. The second-order valence-electron chi connectivity index (χ2n) is 5.70. The predicted molar refractivity (Wildman–Crippen MR) is 77.4 cm³/mol. The Balaban J connectivity index is 1.65. The van der Waals surface area contributed by atoms with Gasteiger partial charge in [0.15, 0.2) is 11.5 Å². The second-order valence-corrected chi connectivity index (χ2v) is 5.70. The molecule has 1 N–H and O–H groups in total. The first kappa shape index (κ1) is 13.7. The maximum Gasteiger partial charge on any atom is 0.161 e. The lowest BCUT2D eigenvalue weighted by molar-refractivity contribution is 0.171. The largest absolute Gasteiger partial charge is 0.486 e. The molecule has 0 radical (unpaired) electrons. The number of hydrogen-bond acceptors (Lipinski definition) is 4. The van der Waals surface area contributed by atoms with Crippen molar-refractivity contribution >= 4 is 0 Å². The van der Waals surface area contributed by atoms with E-state index >= 15 is 0 Å². The zero-order chi connectivity index (χ0) is 13.9. The van der Waals surface area contributed by atoms with Gasteiger partial charge in [-0.25, -0.2) is 0 Å². The first-order chi connectivity index (χ1) is 9.74.